The summed E-state index contributed by atoms with van der Waals surface area (Å²) in [6.07, 6.45) is 8.55. The van der Waals surface area contributed by atoms with Crippen molar-refractivity contribution in [3.8, 4) is 11.4 Å². The maximum absolute atomic E-state index is 6.04. The van der Waals surface area contributed by atoms with E-state index >= 15 is 0 Å². The maximum atomic E-state index is 6.04. The van der Waals surface area contributed by atoms with Crippen molar-refractivity contribution in [2.45, 2.75) is 57.0 Å². The van der Waals surface area contributed by atoms with Crippen molar-refractivity contribution < 1.29 is 4.52 Å². The minimum Gasteiger partial charge on any atom is -0.356 e. The molecule has 0 spiro atoms. The van der Waals surface area contributed by atoms with Crippen LogP contribution in [0.4, 0.5) is 0 Å². The fraction of sp³-hybridized carbons (Fsp3) is 0.591. The number of guanidine groups is 1. The Bertz CT molecular complexity index is 846. The lowest BCUT2D eigenvalue weighted by Gasteiger charge is -2.36. The van der Waals surface area contributed by atoms with Crippen molar-refractivity contribution in [1.82, 2.24) is 25.7 Å². The molecule has 1 aromatic heterocycles. The number of hydrogen-bond donors (Lipinski definition) is 2. The SMILES string of the molecule is CN=C(NCCc1nc(-c2cccc(Cl)c2)no1)NC1CCN(C2CCCC2)CC1.I. The molecule has 0 atom stereocenters. The fourth-order valence-electron chi connectivity index (χ4n) is 4.46. The highest BCUT2D eigenvalue weighted by Gasteiger charge is 2.27. The Kier molecular flexibility index (Phi) is 9.40. The predicted molar refractivity (Wildman–Crippen MR) is 135 cm³/mol. The number of hydrogen-bond acceptors (Lipinski definition) is 5. The van der Waals surface area contributed by atoms with Crippen LogP contribution in [-0.4, -0.2) is 59.8 Å². The number of rotatable bonds is 6. The van der Waals surface area contributed by atoms with Crippen LogP contribution in [0.2, 0.25) is 5.02 Å². The van der Waals surface area contributed by atoms with E-state index in [9.17, 15) is 0 Å². The molecule has 1 aromatic carbocycles. The third kappa shape index (κ3) is 6.79. The molecule has 31 heavy (non-hydrogen) atoms. The second-order valence-electron chi connectivity index (χ2n) is 8.16. The van der Waals surface area contributed by atoms with Crippen LogP contribution >= 0.6 is 35.6 Å². The summed E-state index contributed by atoms with van der Waals surface area (Å²) < 4.78 is 5.37. The molecule has 0 radical (unpaired) electrons. The smallest absolute Gasteiger partial charge is 0.228 e. The molecule has 0 bridgehead atoms. The van der Waals surface area contributed by atoms with E-state index in [2.05, 4.69) is 30.7 Å². The van der Waals surface area contributed by atoms with E-state index in [0.717, 1.165) is 17.6 Å². The highest BCUT2D eigenvalue weighted by atomic mass is 127. The number of benzene rings is 1. The van der Waals surface area contributed by atoms with E-state index in [-0.39, 0.29) is 24.0 Å². The molecule has 4 rings (SSSR count). The van der Waals surface area contributed by atoms with Gasteiger partial charge in [-0.05, 0) is 37.8 Å². The standard InChI is InChI=1S/C22H31ClN6O.HI/c1-24-22(26-18-10-13-29(14-11-18)19-7-2-3-8-19)25-12-9-20-27-21(28-30-20)16-5-4-6-17(23)15-16;/h4-6,15,18-19H,2-3,7-14H2,1H3,(H2,24,25,26);1H. The zero-order valence-electron chi connectivity index (χ0n) is 18.0. The van der Waals surface area contributed by atoms with Crippen LogP contribution in [0.3, 0.4) is 0 Å². The molecule has 2 heterocycles. The van der Waals surface area contributed by atoms with Crippen molar-refractivity contribution in [1.29, 1.82) is 0 Å². The first-order chi connectivity index (χ1) is 14.7. The molecule has 2 N–H and O–H groups in total. The average molecular weight is 559 g/mol. The Hall–Kier alpha value is -1.39. The van der Waals surface area contributed by atoms with Crippen LogP contribution in [-0.2, 0) is 6.42 Å². The molecule has 0 unspecified atom stereocenters. The van der Waals surface area contributed by atoms with Gasteiger partial charge in [0.25, 0.3) is 0 Å². The number of nitrogens with one attached hydrogen (secondary N) is 2. The predicted octanol–water partition coefficient (Wildman–Crippen LogP) is 4.12. The van der Waals surface area contributed by atoms with Crippen molar-refractivity contribution in [2.24, 2.45) is 4.99 Å². The molecule has 2 fully saturated rings. The van der Waals surface area contributed by atoms with Gasteiger partial charge in [0.15, 0.2) is 5.96 Å². The first kappa shape index (κ1) is 24.3. The third-order valence-electron chi connectivity index (χ3n) is 6.12. The Morgan fingerprint density at radius 1 is 1.23 bits per heavy atom. The molecule has 9 heteroatoms. The van der Waals surface area contributed by atoms with Crippen LogP contribution in [0.25, 0.3) is 11.4 Å². The van der Waals surface area contributed by atoms with E-state index in [1.165, 1.54) is 51.6 Å². The third-order valence-corrected chi connectivity index (χ3v) is 6.35. The van der Waals surface area contributed by atoms with Gasteiger partial charge in [-0.15, -0.1) is 24.0 Å². The summed E-state index contributed by atoms with van der Waals surface area (Å²) in [5.74, 6) is 1.99. The molecule has 7 nitrogen and oxygen atoms in total. The minimum atomic E-state index is 0. The van der Waals surface area contributed by atoms with Crippen molar-refractivity contribution in [3.05, 3.63) is 35.2 Å². The normalized spacial score (nSPS) is 18.7. The zero-order valence-corrected chi connectivity index (χ0v) is 21.1. The molecule has 2 aromatic rings. The molecular weight excluding hydrogens is 527 g/mol. The van der Waals surface area contributed by atoms with Gasteiger partial charge in [0, 0.05) is 55.8 Å². The largest absolute Gasteiger partial charge is 0.356 e. The van der Waals surface area contributed by atoms with E-state index in [1.807, 2.05) is 31.3 Å². The second-order valence-corrected chi connectivity index (χ2v) is 8.60. The molecule has 1 aliphatic heterocycles. The number of likely N-dealkylation sites (tertiary alicyclic amines) is 1. The van der Waals surface area contributed by atoms with E-state index in [1.54, 1.807) is 0 Å². The van der Waals surface area contributed by atoms with E-state index in [4.69, 9.17) is 16.1 Å². The van der Waals surface area contributed by atoms with E-state index < -0.39 is 0 Å². The summed E-state index contributed by atoms with van der Waals surface area (Å²) in [6.45, 7) is 3.05. The van der Waals surface area contributed by atoms with Gasteiger partial charge in [-0.2, -0.15) is 4.98 Å². The lowest BCUT2D eigenvalue weighted by atomic mass is 10.0. The van der Waals surface area contributed by atoms with Crippen molar-refractivity contribution >= 4 is 41.5 Å². The van der Waals surface area contributed by atoms with E-state index in [0.29, 0.717) is 35.7 Å². The van der Waals surface area contributed by atoms with Gasteiger partial charge in [-0.25, -0.2) is 0 Å². The van der Waals surface area contributed by atoms with Crippen LogP contribution in [0.5, 0.6) is 0 Å². The zero-order chi connectivity index (χ0) is 20.8. The topological polar surface area (TPSA) is 78.6 Å². The average Bonchev–Trinajstić information content (AvgIpc) is 3.46. The molecule has 2 aliphatic rings. The van der Waals surface area contributed by atoms with Crippen LogP contribution in [0.1, 0.15) is 44.4 Å². The van der Waals surface area contributed by atoms with Gasteiger partial charge in [-0.1, -0.05) is 41.7 Å². The summed E-state index contributed by atoms with van der Waals surface area (Å²) in [4.78, 5) is 11.5. The Morgan fingerprint density at radius 2 is 2.00 bits per heavy atom. The summed E-state index contributed by atoms with van der Waals surface area (Å²) >= 11 is 6.04. The summed E-state index contributed by atoms with van der Waals surface area (Å²) in [6, 6.07) is 8.76. The molecular formula is C22H32ClIN6O. The number of nitrogens with zero attached hydrogens (tertiary/aromatic N) is 4. The quantitative estimate of drug-likeness (QED) is 0.316. The monoisotopic (exact) mass is 558 g/mol. The summed E-state index contributed by atoms with van der Waals surface area (Å²) in [5, 5.41) is 11.6. The molecule has 1 aliphatic carbocycles. The Labute approximate surface area is 206 Å². The number of aliphatic imine (C=N–C) groups is 1. The summed E-state index contributed by atoms with van der Waals surface area (Å²) in [5.41, 5.74) is 0.854. The Balaban J connectivity index is 0.00000272. The highest BCUT2D eigenvalue weighted by Crippen LogP contribution is 2.26. The van der Waals surface area contributed by atoms with Crippen LogP contribution in [0, 0.1) is 0 Å². The lowest BCUT2D eigenvalue weighted by Crippen LogP contribution is -2.50. The lowest BCUT2D eigenvalue weighted by molar-refractivity contribution is 0.150. The van der Waals surface area contributed by atoms with Gasteiger partial charge in [0.1, 0.15) is 0 Å². The van der Waals surface area contributed by atoms with Gasteiger partial charge in [0.2, 0.25) is 11.7 Å². The van der Waals surface area contributed by atoms with Gasteiger partial charge < -0.3 is 20.1 Å². The molecule has 170 valence electrons. The molecule has 1 saturated heterocycles. The molecule has 1 saturated carbocycles. The van der Waals surface area contributed by atoms with Crippen molar-refractivity contribution in [2.75, 3.05) is 26.7 Å². The molecule has 0 amide bonds. The highest BCUT2D eigenvalue weighted by molar-refractivity contribution is 14.0. The number of halogens is 2. The van der Waals surface area contributed by atoms with Crippen LogP contribution in [0.15, 0.2) is 33.8 Å². The van der Waals surface area contributed by atoms with Crippen molar-refractivity contribution in [3.63, 3.8) is 0 Å². The number of piperidine rings is 1. The van der Waals surface area contributed by atoms with Crippen LogP contribution < -0.4 is 10.6 Å². The maximum Gasteiger partial charge on any atom is 0.228 e. The second kappa shape index (κ2) is 12.0. The van der Waals surface area contributed by atoms with Gasteiger partial charge in [-0.3, -0.25) is 4.99 Å². The summed E-state index contributed by atoms with van der Waals surface area (Å²) in [7, 11) is 1.81. The fourth-order valence-corrected chi connectivity index (χ4v) is 4.65. The minimum absolute atomic E-state index is 0. The van der Waals surface area contributed by atoms with Gasteiger partial charge >= 0.3 is 0 Å². The first-order valence-corrected chi connectivity index (χ1v) is 11.4. The van der Waals surface area contributed by atoms with Gasteiger partial charge in [0.05, 0.1) is 0 Å². The Morgan fingerprint density at radius 3 is 2.71 bits per heavy atom. The first-order valence-electron chi connectivity index (χ1n) is 11.0. The number of aromatic nitrogens is 2.